The monoisotopic (exact) mass is 398 g/mol. The molecule has 0 saturated carbocycles. The van der Waals surface area contributed by atoms with Gasteiger partial charge in [-0.1, -0.05) is 51.1 Å². The lowest BCUT2D eigenvalue weighted by Gasteiger charge is -2.34. The molecule has 0 spiro atoms. The number of benzene rings is 1. The minimum absolute atomic E-state index is 0.152. The summed E-state index contributed by atoms with van der Waals surface area (Å²) in [4.78, 5) is 32.4. The Bertz CT molecular complexity index is 885. The van der Waals surface area contributed by atoms with E-state index in [0.29, 0.717) is 0 Å². The Hall–Kier alpha value is -2.51. The smallest absolute Gasteiger partial charge is 0.240 e. The van der Waals surface area contributed by atoms with E-state index in [-0.39, 0.29) is 35.9 Å². The third-order valence-corrected chi connectivity index (χ3v) is 5.54. The van der Waals surface area contributed by atoms with E-state index in [1.807, 2.05) is 51.1 Å². The van der Waals surface area contributed by atoms with E-state index in [0.717, 1.165) is 11.3 Å². The minimum atomic E-state index is -0.723. The number of amides is 1. The quantitative estimate of drug-likeness (QED) is 0.751. The highest BCUT2D eigenvalue weighted by Gasteiger charge is 2.44. The van der Waals surface area contributed by atoms with Crippen LogP contribution in [0.25, 0.3) is 11.3 Å². The Morgan fingerprint density at radius 2 is 1.90 bits per heavy atom. The number of likely N-dealkylation sites (N-methyl/N-ethyl adjacent to an activating group) is 1. The molecule has 2 heterocycles. The zero-order valence-electron chi connectivity index (χ0n) is 17.7. The number of ketones is 1. The third kappa shape index (κ3) is 4.11. The predicted octanol–water partition coefficient (Wildman–Crippen LogP) is 1.87. The Morgan fingerprint density at radius 3 is 2.48 bits per heavy atom. The number of aliphatic hydroxyl groups is 1. The number of aromatic nitrogens is 2. The van der Waals surface area contributed by atoms with Crippen LogP contribution in [0.4, 0.5) is 0 Å². The number of hydrogen-bond donors (Lipinski definition) is 2. The molecule has 1 aromatic carbocycles. The lowest BCUT2D eigenvalue weighted by molar-refractivity contribution is -0.136. The molecule has 0 bridgehead atoms. The van der Waals surface area contributed by atoms with Crippen LogP contribution in [0.1, 0.15) is 37.8 Å². The molecule has 1 aromatic heterocycles. The van der Waals surface area contributed by atoms with Crippen LogP contribution in [0.2, 0.25) is 0 Å². The molecule has 1 fully saturated rings. The van der Waals surface area contributed by atoms with Crippen LogP contribution >= 0.6 is 0 Å². The van der Waals surface area contributed by atoms with Crippen LogP contribution in [0.5, 0.6) is 0 Å². The van der Waals surface area contributed by atoms with E-state index in [1.165, 1.54) is 4.90 Å². The molecule has 29 heavy (non-hydrogen) atoms. The maximum atomic E-state index is 13.3. The summed E-state index contributed by atoms with van der Waals surface area (Å²) in [5.41, 5.74) is 1.47. The van der Waals surface area contributed by atoms with Gasteiger partial charge in [0.15, 0.2) is 5.82 Å². The molecule has 1 aliphatic heterocycles. The molecule has 0 aliphatic carbocycles. The van der Waals surface area contributed by atoms with Gasteiger partial charge < -0.3 is 19.9 Å². The molecule has 1 amide bonds. The molecular weight excluding hydrogens is 368 g/mol. The number of carbonyl (C=O) groups excluding carboxylic acids is 2. The lowest BCUT2D eigenvalue weighted by atomic mass is 9.85. The fourth-order valence-corrected chi connectivity index (χ4v) is 4.06. The molecule has 7 nitrogen and oxygen atoms in total. The lowest BCUT2D eigenvalue weighted by Crippen LogP contribution is -2.54. The van der Waals surface area contributed by atoms with Crippen molar-refractivity contribution in [1.29, 1.82) is 0 Å². The Labute approximate surface area is 171 Å². The van der Waals surface area contributed by atoms with Crippen molar-refractivity contribution in [3.63, 3.8) is 0 Å². The minimum Gasteiger partial charge on any atom is -0.391 e. The van der Waals surface area contributed by atoms with Crippen molar-refractivity contribution in [2.45, 2.75) is 45.4 Å². The van der Waals surface area contributed by atoms with Crippen LogP contribution in [-0.4, -0.2) is 63.0 Å². The molecule has 7 heteroatoms. The largest absolute Gasteiger partial charge is 0.391 e. The first-order valence-electron chi connectivity index (χ1n) is 9.92. The van der Waals surface area contributed by atoms with Gasteiger partial charge in [0, 0.05) is 20.0 Å². The maximum absolute atomic E-state index is 13.3. The average molecular weight is 399 g/mol. The number of hydrogen-bond acceptors (Lipinski definition) is 5. The van der Waals surface area contributed by atoms with Gasteiger partial charge in [0.2, 0.25) is 11.7 Å². The first-order valence-corrected chi connectivity index (χ1v) is 9.92. The molecule has 3 atom stereocenters. The number of aliphatic hydroxyl groups excluding tert-OH is 1. The van der Waals surface area contributed by atoms with Gasteiger partial charge in [-0.3, -0.25) is 9.59 Å². The zero-order chi connectivity index (χ0) is 21.3. The fourth-order valence-electron chi connectivity index (χ4n) is 4.06. The van der Waals surface area contributed by atoms with Gasteiger partial charge in [-0.15, -0.1) is 0 Å². The van der Waals surface area contributed by atoms with Gasteiger partial charge >= 0.3 is 0 Å². The van der Waals surface area contributed by atoms with E-state index < -0.39 is 18.2 Å². The molecule has 0 radical (unpaired) electrons. The van der Waals surface area contributed by atoms with Gasteiger partial charge in [-0.05, 0) is 18.0 Å². The number of likely N-dealkylation sites (tertiary alicyclic amines) is 1. The van der Waals surface area contributed by atoms with Crippen LogP contribution in [0, 0.1) is 5.41 Å². The van der Waals surface area contributed by atoms with Crippen LogP contribution in [0.15, 0.2) is 36.5 Å². The zero-order valence-corrected chi connectivity index (χ0v) is 17.7. The van der Waals surface area contributed by atoms with E-state index >= 15 is 0 Å². The number of Topliss-reactive ketones (excluding diaryl/α,β-unsaturated/α-hetero) is 1. The summed E-state index contributed by atoms with van der Waals surface area (Å²) in [7, 11) is 3.54. The third-order valence-electron chi connectivity index (χ3n) is 5.54. The second kappa shape index (κ2) is 8.08. The van der Waals surface area contributed by atoms with Gasteiger partial charge in [0.05, 0.1) is 24.0 Å². The molecule has 0 unspecified atom stereocenters. The average Bonchev–Trinajstić information content (AvgIpc) is 3.24. The molecule has 2 N–H and O–H groups in total. The topological polar surface area (TPSA) is 87.5 Å². The number of nitrogens with one attached hydrogen (secondary N) is 1. The van der Waals surface area contributed by atoms with Gasteiger partial charge in [0.25, 0.3) is 0 Å². The molecule has 2 aromatic rings. The number of β-amino-alcohol motifs (C(OH)–C–C–N with tert-alkyl or cyclic N) is 1. The standard InChI is InChI=1S/C22H30N4O3/c1-22(2,3)19(23-4)21(29)26-13-15(27)11-16(26)18(28)20-24-12-17(25(20)5)14-9-7-6-8-10-14/h6-10,12,15-16,19,23,27H,11,13H2,1-5H3/t15-,16+,19-/m1/s1. The molecule has 1 saturated heterocycles. The van der Waals surface area contributed by atoms with E-state index in [4.69, 9.17) is 0 Å². The molecule has 156 valence electrons. The van der Waals surface area contributed by atoms with Gasteiger partial charge in [-0.2, -0.15) is 0 Å². The second-order valence-corrected chi connectivity index (χ2v) is 8.74. The maximum Gasteiger partial charge on any atom is 0.240 e. The van der Waals surface area contributed by atoms with Crippen molar-refractivity contribution in [3.05, 3.63) is 42.4 Å². The molecule has 1 aliphatic rings. The van der Waals surface area contributed by atoms with E-state index in [9.17, 15) is 14.7 Å². The summed E-state index contributed by atoms with van der Waals surface area (Å²) in [6.45, 7) is 6.07. The van der Waals surface area contributed by atoms with Crippen molar-refractivity contribution in [2.75, 3.05) is 13.6 Å². The summed E-state index contributed by atoms with van der Waals surface area (Å²) in [5, 5.41) is 13.3. The second-order valence-electron chi connectivity index (χ2n) is 8.74. The van der Waals surface area contributed by atoms with Crippen LogP contribution in [-0.2, 0) is 11.8 Å². The van der Waals surface area contributed by atoms with Gasteiger partial charge in [-0.25, -0.2) is 4.98 Å². The van der Waals surface area contributed by atoms with E-state index in [2.05, 4.69) is 10.3 Å². The molecule has 3 rings (SSSR count). The summed E-state index contributed by atoms with van der Waals surface area (Å²) >= 11 is 0. The van der Waals surface area contributed by atoms with Crippen molar-refractivity contribution in [3.8, 4) is 11.3 Å². The van der Waals surface area contributed by atoms with Crippen molar-refractivity contribution in [1.82, 2.24) is 19.8 Å². The van der Waals surface area contributed by atoms with Crippen LogP contribution in [0.3, 0.4) is 0 Å². The van der Waals surface area contributed by atoms with Crippen molar-refractivity contribution >= 4 is 11.7 Å². The highest BCUT2D eigenvalue weighted by Crippen LogP contribution is 2.28. The Balaban J connectivity index is 1.90. The Kier molecular flexibility index (Phi) is 5.91. The van der Waals surface area contributed by atoms with Crippen molar-refractivity contribution in [2.24, 2.45) is 12.5 Å². The number of nitrogens with zero attached hydrogens (tertiary/aromatic N) is 3. The summed E-state index contributed by atoms with van der Waals surface area (Å²) in [6, 6.07) is 8.54. The highest BCUT2D eigenvalue weighted by atomic mass is 16.3. The predicted molar refractivity (Wildman–Crippen MR) is 111 cm³/mol. The van der Waals surface area contributed by atoms with E-state index in [1.54, 1.807) is 24.9 Å². The summed E-state index contributed by atoms with van der Waals surface area (Å²) in [5.74, 6) is -0.131. The normalized spacial score (nSPS) is 20.7. The number of carbonyl (C=O) groups is 2. The van der Waals surface area contributed by atoms with Crippen molar-refractivity contribution < 1.29 is 14.7 Å². The first-order chi connectivity index (χ1) is 13.6. The van der Waals surface area contributed by atoms with Gasteiger partial charge in [0.1, 0.15) is 6.04 Å². The number of imidazole rings is 1. The number of rotatable bonds is 5. The SMILES string of the molecule is CN[C@H](C(=O)N1C[C@H](O)C[C@H]1C(=O)c1ncc(-c2ccccc2)n1C)C(C)(C)C. The molecular formula is C22H30N4O3. The fraction of sp³-hybridized carbons (Fsp3) is 0.500. The Morgan fingerprint density at radius 1 is 1.24 bits per heavy atom. The first kappa shape index (κ1) is 21.2. The summed E-state index contributed by atoms with van der Waals surface area (Å²) < 4.78 is 1.75. The summed E-state index contributed by atoms with van der Waals surface area (Å²) in [6.07, 6.45) is 1.17. The highest BCUT2D eigenvalue weighted by molar-refractivity contribution is 6.01. The van der Waals surface area contributed by atoms with Crippen LogP contribution < -0.4 is 5.32 Å².